The molecule has 0 saturated carbocycles. The molecule has 1 fully saturated rings. The normalized spacial score (nSPS) is 29.4. The summed E-state index contributed by atoms with van der Waals surface area (Å²) in [5.74, 6) is 0.0914. The van der Waals surface area contributed by atoms with Crippen LogP contribution >= 0.6 is 0 Å². The van der Waals surface area contributed by atoms with Gasteiger partial charge in [-0.15, -0.1) is 0 Å². The first kappa shape index (κ1) is 17.6. The van der Waals surface area contributed by atoms with Gasteiger partial charge in [0.2, 0.25) is 12.2 Å². The minimum absolute atomic E-state index is 0.394. The van der Waals surface area contributed by atoms with Crippen LogP contribution in [0.5, 0.6) is 5.75 Å². The monoisotopic (exact) mass is 347 g/mol. The molecule has 5 atom stereocenters. The summed E-state index contributed by atoms with van der Waals surface area (Å²) >= 11 is 0. The first-order valence-corrected chi connectivity index (χ1v) is 8.04. The van der Waals surface area contributed by atoms with Crippen molar-refractivity contribution in [3.05, 3.63) is 42.5 Å². The highest BCUT2D eigenvalue weighted by atomic mass is 16.7. The van der Waals surface area contributed by atoms with Gasteiger partial charge < -0.3 is 30.1 Å². The quantitative estimate of drug-likeness (QED) is 0.628. The number of fused-ring (bicyclic) bond motifs is 1. The van der Waals surface area contributed by atoms with Gasteiger partial charge in [-0.3, -0.25) is 4.79 Å². The molecule has 0 aliphatic carbocycles. The minimum Gasteiger partial charge on any atom is -0.463 e. The zero-order chi connectivity index (χ0) is 18.0. The number of hydrogen-bond acceptors (Lipinski definition) is 6. The molecule has 7 nitrogen and oxygen atoms in total. The van der Waals surface area contributed by atoms with Gasteiger partial charge in [-0.05, 0) is 22.9 Å². The van der Waals surface area contributed by atoms with Gasteiger partial charge in [-0.2, -0.15) is 0 Å². The maximum Gasteiger partial charge on any atom is 0.223 e. The van der Waals surface area contributed by atoms with E-state index >= 15 is 0 Å². The van der Waals surface area contributed by atoms with Gasteiger partial charge in [0.15, 0.2) is 0 Å². The third kappa shape index (κ3) is 3.74. The van der Waals surface area contributed by atoms with E-state index < -0.39 is 43.2 Å². The Labute approximate surface area is 144 Å². The number of amides is 1. The molecule has 3 rings (SSSR count). The van der Waals surface area contributed by atoms with Crippen molar-refractivity contribution < 1.29 is 29.6 Å². The van der Waals surface area contributed by atoms with E-state index in [1.165, 1.54) is 6.92 Å². The Morgan fingerprint density at radius 1 is 1.16 bits per heavy atom. The molecule has 7 heteroatoms. The highest BCUT2D eigenvalue weighted by Gasteiger charge is 2.46. The fourth-order valence-electron chi connectivity index (χ4n) is 2.95. The van der Waals surface area contributed by atoms with Crippen LogP contribution in [0.2, 0.25) is 0 Å². The van der Waals surface area contributed by atoms with Gasteiger partial charge >= 0.3 is 0 Å². The van der Waals surface area contributed by atoms with E-state index in [-0.39, 0.29) is 0 Å². The lowest BCUT2D eigenvalue weighted by Gasteiger charge is -2.42. The number of nitrogens with one attached hydrogen (secondary N) is 1. The molecule has 1 heterocycles. The zero-order valence-corrected chi connectivity index (χ0v) is 13.7. The van der Waals surface area contributed by atoms with Crippen molar-refractivity contribution in [3.8, 4) is 5.75 Å². The summed E-state index contributed by atoms with van der Waals surface area (Å²) in [6.07, 6.45) is -4.73. The molecule has 2 aromatic carbocycles. The molecule has 0 bridgehead atoms. The molecule has 1 amide bonds. The van der Waals surface area contributed by atoms with Crippen LogP contribution in [0.15, 0.2) is 42.5 Å². The Bertz CT molecular complexity index is 751. The largest absolute Gasteiger partial charge is 0.463 e. The Morgan fingerprint density at radius 2 is 1.88 bits per heavy atom. The number of hydrogen-bond donors (Lipinski definition) is 4. The van der Waals surface area contributed by atoms with Crippen LogP contribution in [0, 0.1) is 0 Å². The van der Waals surface area contributed by atoms with Gasteiger partial charge in [-0.25, -0.2) is 0 Å². The van der Waals surface area contributed by atoms with E-state index in [1.54, 1.807) is 6.07 Å². The molecular formula is C18H21NO6. The van der Waals surface area contributed by atoms with E-state index in [2.05, 4.69) is 5.32 Å². The fourth-order valence-corrected chi connectivity index (χ4v) is 2.95. The predicted molar refractivity (Wildman–Crippen MR) is 89.9 cm³/mol. The minimum atomic E-state index is -1.33. The standard InChI is InChI=1S/C18H21NO6/c1-10(21)19-15-17(23)16(22)14(9-20)25-18(15)24-13-7-6-11-4-2-3-5-12(11)8-13/h2-8,14-18,20,22-23H,9H2,1H3,(H,19,21)/t14-,15-,16-,17-,18?/m1/s1. The van der Waals surface area contributed by atoms with Crippen LogP contribution in [-0.2, 0) is 9.53 Å². The predicted octanol–water partition coefficient (Wildman–Crippen LogP) is 0.162. The number of aliphatic hydroxyl groups excluding tert-OH is 3. The second kappa shape index (κ2) is 7.37. The number of carbonyl (C=O) groups excluding carboxylic acids is 1. The summed E-state index contributed by atoms with van der Waals surface area (Å²) in [7, 11) is 0. The maximum atomic E-state index is 11.4. The Hall–Kier alpha value is -2.19. The van der Waals surface area contributed by atoms with Crippen molar-refractivity contribution in [2.45, 2.75) is 37.6 Å². The van der Waals surface area contributed by atoms with Crippen LogP contribution in [0.1, 0.15) is 6.92 Å². The molecular weight excluding hydrogens is 326 g/mol. The highest BCUT2D eigenvalue weighted by Crippen LogP contribution is 2.26. The SMILES string of the molecule is CC(=O)N[C@H]1C(Oc2ccc3ccccc3c2)O[C@H](CO)[C@@H](O)[C@@H]1O. The van der Waals surface area contributed by atoms with Crippen LogP contribution in [0.4, 0.5) is 0 Å². The third-order valence-electron chi connectivity index (χ3n) is 4.22. The summed E-state index contributed by atoms with van der Waals surface area (Å²) in [5.41, 5.74) is 0. The molecule has 0 aromatic heterocycles. The third-order valence-corrected chi connectivity index (χ3v) is 4.22. The fraction of sp³-hybridized carbons (Fsp3) is 0.389. The van der Waals surface area contributed by atoms with E-state index in [4.69, 9.17) is 9.47 Å². The average Bonchev–Trinajstić information content (AvgIpc) is 2.61. The Balaban J connectivity index is 1.86. The maximum absolute atomic E-state index is 11.4. The molecule has 1 aliphatic heterocycles. The van der Waals surface area contributed by atoms with Gasteiger partial charge in [0.1, 0.15) is 30.1 Å². The van der Waals surface area contributed by atoms with Crippen LogP contribution in [0.3, 0.4) is 0 Å². The lowest BCUT2D eigenvalue weighted by atomic mass is 9.97. The molecule has 4 N–H and O–H groups in total. The Morgan fingerprint density at radius 3 is 2.56 bits per heavy atom. The topological polar surface area (TPSA) is 108 Å². The van der Waals surface area contributed by atoms with Crippen molar-refractivity contribution in [2.24, 2.45) is 0 Å². The molecule has 1 aliphatic rings. The van der Waals surface area contributed by atoms with Crippen molar-refractivity contribution in [2.75, 3.05) is 6.61 Å². The molecule has 0 radical (unpaired) electrons. The lowest BCUT2D eigenvalue weighted by Crippen LogP contribution is -2.65. The summed E-state index contributed by atoms with van der Waals surface area (Å²) in [4.78, 5) is 11.4. The van der Waals surface area contributed by atoms with Crippen molar-refractivity contribution in [1.29, 1.82) is 0 Å². The lowest BCUT2D eigenvalue weighted by molar-refractivity contribution is -0.244. The first-order chi connectivity index (χ1) is 12.0. The van der Waals surface area contributed by atoms with Crippen molar-refractivity contribution in [3.63, 3.8) is 0 Å². The molecule has 1 unspecified atom stereocenters. The molecule has 25 heavy (non-hydrogen) atoms. The Kier molecular flexibility index (Phi) is 5.19. The number of ether oxygens (including phenoxy) is 2. The molecule has 1 saturated heterocycles. The highest BCUT2D eigenvalue weighted by molar-refractivity contribution is 5.83. The van der Waals surface area contributed by atoms with Gasteiger partial charge in [-0.1, -0.05) is 30.3 Å². The number of benzene rings is 2. The van der Waals surface area contributed by atoms with Crippen molar-refractivity contribution in [1.82, 2.24) is 5.32 Å². The number of carbonyl (C=O) groups is 1. The summed E-state index contributed by atoms with van der Waals surface area (Å²) in [6.45, 7) is 0.812. The van der Waals surface area contributed by atoms with E-state index in [1.807, 2.05) is 36.4 Å². The summed E-state index contributed by atoms with van der Waals surface area (Å²) in [5, 5.41) is 34.2. The molecule has 134 valence electrons. The average molecular weight is 347 g/mol. The van der Waals surface area contributed by atoms with Crippen LogP contribution < -0.4 is 10.1 Å². The second-order valence-corrected chi connectivity index (χ2v) is 6.06. The van der Waals surface area contributed by atoms with Crippen LogP contribution in [-0.4, -0.2) is 58.5 Å². The van der Waals surface area contributed by atoms with Crippen LogP contribution in [0.25, 0.3) is 10.8 Å². The van der Waals surface area contributed by atoms with Crippen molar-refractivity contribution >= 4 is 16.7 Å². The van der Waals surface area contributed by atoms with E-state index in [0.717, 1.165) is 10.8 Å². The molecule has 0 spiro atoms. The first-order valence-electron chi connectivity index (χ1n) is 8.04. The van der Waals surface area contributed by atoms with Gasteiger partial charge in [0.25, 0.3) is 0 Å². The summed E-state index contributed by atoms with van der Waals surface area (Å²) in [6, 6.07) is 12.2. The second-order valence-electron chi connectivity index (χ2n) is 6.06. The van der Waals surface area contributed by atoms with Gasteiger partial charge in [0, 0.05) is 6.92 Å². The summed E-state index contributed by atoms with van der Waals surface area (Å²) < 4.78 is 11.4. The van der Waals surface area contributed by atoms with Gasteiger partial charge in [0.05, 0.1) is 6.61 Å². The molecule has 2 aromatic rings. The zero-order valence-electron chi connectivity index (χ0n) is 13.7. The van der Waals surface area contributed by atoms with E-state index in [0.29, 0.717) is 5.75 Å². The number of rotatable bonds is 4. The smallest absolute Gasteiger partial charge is 0.223 e. The number of aliphatic hydroxyl groups is 3. The van der Waals surface area contributed by atoms with E-state index in [9.17, 15) is 20.1 Å².